The first-order valence-corrected chi connectivity index (χ1v) is 13.1. The monoisotopic (exact) mass is 535 g/mol. The molecule has 9 heteroatoms. The largest absolute Gasteiger partial charge is 0.272 e. The summed E-state index contributed by atoms with van der Waals surface area (Å²) in [5.74, 6) is -3.10. The maximum Gasteiger partial charge on any atom is 0.272 e. The second kappa shape index (κ2) is 12.3. The van der Waals surface area contributed by atoms with Crippen LogP contribution in [0.2, 0.25) is 0 Å². The van der Waals surface area contributed by atoms with E-state index in [1.165, 1.54) is 41.5 Å². The maximum absolute atomic E-state index is 14.1. The number of pyridine rings is 1. The molecule has 1 aliphatic carbocycles. The van der Waals surface area contributed by atoms with E-state index in [0.717, 1.165) is 50.2 Å². The molecule has 1 fully saturated rings. The van der Waals surface area contributed by atoms with Crippen molar-refractivity contribution in [3.63, 3.8) is 0 Å². The van der Waals surface area contributed by atoms with Crippen molar-refractivity contribution in [1.82, 2.24) is 24.7 Å². The Bertz CT molecular complexity index is 1460. The molecule has 4 aromatic rings. The van der Waals surface area contributed by atoms with Crippen molar-refractivity contribution < 1.29 is 13.2 Å². The molecule has 0 saturated heterocycles. The van der Waals surface area contributed by atoms with Crippen molar-refractivity contribution in [2.75, 3.05) is 0 Å². The average Bonchev–Trinajstić information content (AvgIpc) is 2.91. The molecule has 0 unspecified atom stereocenters. The first-order valence-electron chi connectivity index (χ1n) is 13.1. The summed E-state index contributed by atoms with van der Waals surface area (Å²) in [7, 11) is 0. The molecule has 0 bridgehead atoms. The normalized spacial score (nSPS) is 14.0. The second-order valence-electron chi connectivity index (χ2n) is 10.0. The number of aromatic nitrogens is 5. The molecule has 0 spiro atoms. The summed E-state index contributed by atoms with van der Waals surface area (Å²) in [6.07, 6.45) is 9.75. The summed E-state index contributed by atoms with van der Waals surface area (Å²) >= 11 is 0. The lowest BCUT2D eigenvalue weighted by Gasteiger charge is -2.23. The molecule has 0 amide bonds. The summed E-state index contributed by atoms with van der Waals surface area (Å²) in [4.78, 5) is 25.9. The molecule has 6 nitrogen and oxygen atoms in total. The number of nitrogens with zero attached hydrogens (tertiary/aromatic N) is 5. The van der Waals surface area contributed by atoms with Gasteiger partial charge in [-0.05, 0) is 74.1 Å². The van der Waals surface area contributed by atoms with Gasteiger partial charge < -0.3 is 0 Å². The van der Waals surface area contributed by atoms with Crippen LogP contribution in [0, 0.1) is 19.7 Å². The van der Waals surface area contributed by atoms with Crippen LogP contribution in [0.25, 0.3) is 11.4 Å². The zero-order chi connectivity index (χ0) is 28.0. The lowest BCUT2D eigenvalue weighted by molar-refractivity contribution is 0.0159. The molecule has 1 aromatic carbocycles. The first-order chi connectivity index (χ1) is 18.6. The topological polar surface area (TPSA) is 73.6 Å². The molecule has 1 aliphatic rings. The van der Waals surface area contributed by atoms with Gasteiger partial charge in [0.15, 0.2) is 0 Å². The average molecular weight is 536 g/mol. The van der Waals surface area contributed by atoms with Crippen LogP contribution in [-0.2, 0) is 12.5 Å². The molecule has 1 saturated carbocycles. The highest BCUT2D eigenvalue weighted by Gasteiger charge is 2.29. The third-order valence-electron chi connectivity index (χ3n) is 6.83. The number of benzene rings is 1. The Kier molecular flexibility index (Phi) is 8.89. The highest BCUT2D eigenvalue weighted by Crippen LogP contribution is 2.33. The van der Waals surface area contributed by atoms with E-state index in [4.69, 9.17) is 0 Å². The van der Waals surface area contributed by atoms with Gasteiger partial charge >= 0.3 is 0 Å². The van der Waals surface area contributed by atoms with E-state index in [2.05, 4.69) is 20.1 Å². The van der Waals surface area contributed by atoms with E-state index < -0.39 is 5.92 Å². The van der Waals surface area contributed by atoms with E-state index in [9.17, 15) is 18.0 Å². The lowest BCUT2D eigenvalue weighted by Crippen LogP contribution is -2.30. The third-order valence-corrected chi connectivity index (χ3v) is 6.83. The van der Waals surface area contributed by atoms with Crippen molar-refractivity contribution in [1.29, 1.82) is 0 Å². The Morgan fingerprint density at radius 3 is 2.44 bits per heavy atom. The molecule has 0 N–H and O–H groups in total. The Morgan fingerprint density at radius 1 is 1.03 bits per heavy atom. The summed E-state index contributed by atoms with van der Waals surface area (Å²) in [5.41, 5.74) is 3.31. The number of hydrogen-bond acceptors (Lipinski definition) is 5. The number of alkyl halides is 2. The molecule has 5 rings (SSSR count). The van der Waals surface area contributed by atoms with Crippen LogP contribution in [0.3, 0.4) is 0 Å². The van der Waals surface area contributed by atoms with Gasteiger partial charge in [-0.2, -0.15) is 5.10 Å². The van der Waals surface area contributed by atoms with Gasteiger partial charge in [0.05, 0.1) is 17.9 Å². The lowest BCUT2D eigenvalue weighted by atomic mass is 9.84. The molecule has 3 aromatic heterocycles. The summed E-state index contributed by atoms with van der Waals surface area (Å²) in [6, 6.07) is 11.1. The van der Waals surface area contributed by atoms with Crippen LogP contribution in [0.1, 0.15) is 72.9 Å². The van der Waals surface area contributed by atoms with E-state index in [1.54, 1.807) is 12.3 Å². The van der Waals surface area contributed by atoms with Gasteiger partial charge in [-0.3, -0.25) is 9.78 Å². The fourth-order valence-corrected chi connectivity index (χ4v) is 4.87. The molecule has 3 heterocycles. The van der Waals surface area contributed by atoms with Crippen molar-refractivity contribution in [3.05, 3.63) is 105 Å². The molecule has 204 valence electrons. The molecule has 0 radical (unpaired) electrons. The third kappa shape index (κ3) is 7.16. The van der Waals surface area contributed by atoms with Gasteiger partial charge in [0, 0.05) is 30.4 Å². The van der Waals surface area contributed by atoms with Crippen LogP contribution in [0.5, 0.6) is 0 Å². The van der Waals surface area contributed by atoms with Crippen LogP contribution < -0.4 is 5.56 Å². The number of aryl methyl sites for hydroxylation is 2. The number of hydrogen-bond donors (Lipinski definition) is 0. The van der Waals surface area contributed by atoms with E-state index >= 15 is 0 Å². The Balaban J connectivity index is 0.000000379. The number of rotatable bonds is 5. The molecule has 0 aliphatic heterocycles. The standard InChI is InChI=1S/C23H25F2N5O.C7H7F/c1-15-12-26-14-28-21(15)19-11-17(16-7-4-3-5-8-16)22(31)30(29-19)13-20-18(23(2,24)25)9-6-10-27-20;1-6-3-2-4-7(8)5-6/h6,9-12,14,16H,3-5,7-8,13H2,1-2H3;2-5H,1H3. The molecular weight excluding hydrogens is 503 g/mol. The van der Waals surface area contributed by atoms with E-state index in [1.807, 2.05) is 26.0 Å². The summed E-state index contributed by atoms with van der Waals surface area (Å²) in [5, 5.41) is 4.51. The highest BCUT2D eigenvalue weighted by molar-refractivity contribution is 5.58. The van der Waals surface area contributed by atoms with Gasteiger partial charge in [-0.15, -0.1) is 0 Å². The molecule has 39 heavy (non-hydrogen) atoms. The number of halogens is 3. The van der Waals surface area contributed by atoms with Gasteiger partial charge in [0.1, 0.15) is 17.8 Å². The van der Waals surface area contributed by atoms with Crippen molar-refractivity contribution in [2.45, 2.75) is 71.3 Å². The maximum atomic E-state index is 14.1. The van der Waals surface area contributed by atoms with Gasteiger partial charge in [0.25, 0.3) is 11.5 Å². The van der Waals surface area contributed by atoms with Crippen LogP contribution in [0.4, 0.5) is 13.2 Å². The molecule has 0 atom stereocenters. The fraction of sp³-hybridized carbons (Fsp3) is 0.367. The van der Waals surface area contributed by atoms with Crippen LogP contribution in [0.15, 0.2) is 66.0 Å². The van der Waals surface area contributed by atoms with Crippen molar-refractivity contribution in [2.24, 2.45) is 0 Å². The summed E-state index contributed by atoms with van der Waals surface area (Å²) in [6.45, 7) is 4.44. The Labute approximate surface area is 226 Å². The van der Waals surface area contributed by atoms with E-state index in [-0.39, 0.29) is 35.1 Å². The van der Waals surface area contributed by atoms with Crippen LogP contribution >= 0.6 is 0 Å². The predicted molar refractivity (Wildman–Crippen MR) is 144 cm³/mol. The predicted octanol–water partition coefficient (Wildman–Crippen LogP) is 6.75. The molecular formula is C30H32F3N5O. The zero-order valence-electron chi connectivity index (χ0n) is 22.4. The fourth-order valence-electron chi connectivity index (χ4n) is 4.87. The van der Waals surface area contributed by atoms with Crippen molar-refractivity contribution in [3.8, 4) is 11.4 Å². The second-order valence-corrected chi connectivity index (χ2v) is 10.0. The van der Waals surface area contributed by atoms with Crippen LogP contribution in [-0.4, -0.2) is 24.7 Å². The van der Waals surface area contributed by atoms with Crippen molar-refractivity contribution >= 4 is 0 Å². The SMILES string of the molecule is Cc1cccc(F)c1.Cc1cncnc1-c1cc(C2CCCCC2)c(=O)n(Cc2ncccc2C(C)(F)F)n1. The minimum absolute atomic E-state index is 0.129. The van der Waals surface area contributed by atoms with Gasteiger partial charge in [-0.25, -0.2) is 27.8 Å². The Hall–Kier alpha value is -3.88. The minimum atomic E-state index is -3.07. The van der Waals surface area contributed by atoms with Gasteiger partial charge in [0.2, 0.25) is 0 Å². The van der Waals surface area contributed by atoms with Gasteiger partial charge in [-0.1, -0.05) is 31.4 Å². The zero-order valence-corrected chi connectivity index (χ0v) is 22.4. The summed E-state index contributed by atoms with van der Waals surface area (Å²) < 4.78 is 41.7. The first kappa shape index (κ1) is 28.1. The smallest absolute Gasteiger partial charge is 0.267 e. The highest BCUT2D eigenvalue weighted by atomic mass is 19.3. The quantitative estimate of drug-likeness (QED) is 0.283. The van der Waals surface area contributed by atoms with E-state index in [0.29, 0.717) is 17.0 Å². The Morgan fingerprint density at radius 2 is 1.79 bits per heavy atom. The minimum Gasteiger partial charge on any atom is -0.267 e.